The third-order valence-corrected chi connectivity index (χ3v) is 2.39. The molecule has 2 aromatic rings. The van der Waals surface area contributed by atoms with Crippen LogP contribution in [0, 0.1) is 17.7 Å². The largest absolute Gasteiger partial charge is 0.384 e. The molecule has 2 rings (SSSR count). The minimum atomic E-state index is -0.627. The van der Waals surface area contributed by atoms with Gasteiger partial charge < -0.3 is 10.4 Å². The molecular formula is C14H10FN3O2. The van der Waals surface area contributed by atoms with Crippen LogP contribution in [0.4, 0.5) is 10.1 Å². The van der Waals surface area contributed by atoms with Crippen molar-refractivity contribution >= 4 is 11.6 Å². The number of nitrogens with one attached hydrogen (secondary N) is 1. The van der Waals surface area contributed by atoms with Crippen LogP contribution in [-0.4, -0.2) is 27.6 Å². The highest BCUT2D eigenvalue weighted by atomic mass is 19.1. The Morgan fingerprint density at radius 2 is 2.05 bits per heavy atom. The highest BCUT2D eigenvalue weighted by Crippen LogP contribution is 2.14. The van der Waals surface area contributed by atoms with Gasteiger partial charge in [-0.2, -0.15) is 0 Å². The molecule has 0 aliphatic heterocycles. The first-order chi connectivity index (χ1) is 9.72. The minimum absolute atomic E-state index is 0.0304. The summed E-state index contributed by atoms with van der Waals surface area (Å²) in [5, 5.41) is 11.1. The van der Waals surface area contributed by atoms with Gasteiger partial charge in [-0.25, -0.2) is 4.39 Å². The summed E-state index contributed by atoms with van der Waals surface area (Å²) in [5.74, 6) is 3.91. The summed E-state index contributed by atoms with van der Waals surface area (Å²) < 4.78 is 13.4. The normalized spacial score (nSPS) is 9.50. The Bertz CT molecular complexity index is 692. The van der Waals surface area contributed by atoms with Gasteiger partial charge in [0.1, 0.15) is 6.61 Å². The van der Waals surface area contributed by atoms with E-state index in [1.807, 2.05) is 0 Å². The van der Waals surface area contributed by atoms with Crippen LogP contribution in [-0.2, 0) is 0 Å². The van der Waals surface area contributed by atoms with E-state index in [9.17, 15) is 9.18 Å². The van der Waals surface area contributed by atoms with E-state index in [2.05, 4.69) is 27.1 Å². The third kappa shape index (κ3) is 3.16. The fraction of sp³-hybridized carbons (Fsp3) is 0.0714. The molecule has 0 radical (unpaired) electrons. The van der Waals surface area contributed by atoms with Gasteiger partial charge in [-0.1, -0.05) is 11.8 Å². The summed E-state index contributed by atoms with van der Waals surface area (Å²) in [5.41, 5.74) is 0.633. The van der Waals surface area contributed by atoms with E-state index in [4.69, 9.17) is 5.11 Å². The molecule has 2 aromatic heterocycles. The predicted octanol–water partition coefficient (Wildman–Crippen LogP) is 1.21. The zero-order valence-corrected chi connectivity index (χ0v) is 10.3. The Morgan fingerprint density at radius 3 is 2.80 bits per heavy atom. The molecule has 20 heavy (non-hydrogen) atoms. The highest BCUT2D eigenvalue weighted by molar-refractivity contribution is 6.05. The molecule has 0 fully saturated rings. The van der Waals surface area contributed by atoms with E-state index in [0.29, 0.717) is 5.56 Å². The quantitative estimate of drug-likeness (QED) is 0.805. The molecule has 0 saturated heterocycles. The van der Waals surface area contributed by atoms with Gasteiger partial charge in [-0.15, -0.1) is 0 Å². The van der Waals surface area contributed by atoms with Gasteiger partial charge in [0.15, 0.2) is 5.82 Å². The smallest absolute Gasteiger partial charge is 0.257 e. The Labute approximate surface area is 114 Å². The Hall–Kier alpha value is -2.78. The van der Waals surface area contributed by atoms with Gasteiger partial charge in [0.2, 0.25) is 0 Å². The zero-order valence-electron chi connectivity index (χ0n) is 10.3. The molecule has 0 spiro atoms. The van der Waals surface area contributed by atoms with Crippen LogP contribution in [0.25, 0.3) is 0 Å². The van der Waals surface area contributed by atoms with E-state index >= 15 is 0 Å². The van der Waals surface area contributed by atoms with Gasteiger partial charge in [-0.3, -0.25) is 14.8 Å². The maximum Gasteiger partial charge on any atom is 0.257 e. The molecule has 0 atom stereocenters. The predicted molar refractivity (Wildman–Crippen MR) is 70.3 cm³/mol. The Balaban J connectivity index is 2.28. The topological polar surface area (TPSA) is 75.1 Å². The molecule has 1 amide bonds. The minimum Gasteiger partial charge on any atom is -0.384 e. The van der Waals surface area contributed by atoms with Crippen molar-refractivity contribution in [2.75, 3.05) is 11.9 Å². The SMILES string of the molecule is O=C(Nc1ccncc1F)c1ccncc1C#CCO. The van der Waals surface area contributed by atoms with Crippen molar-refractivity contribution < 1.29 is 14.3 Å². The monoisotopic (exact) mass is 271 g/mol. The number of halogens is 1. The second kappa shape index (κ2) is 6.41. The van der Waals surface area contributed by atoms with E-state index in [0.717, 1.165) is 6.20 Å². The molecule has 6 heteroatoms. The van der Waals surface area contributed by atoms with Crippen LogP contribution >= 0.6 is 0 Å². The molecule has 0 aromatic carbocycles. The van der Waals surface area contributed by atoms with Crippen molar-refractivity contribution in [1.29, 1.82) is 0 Å². The second-order valence-corrected chi connectivity index (χ2v) is 3.69. The molecule has 0 saturated carbocycles. The molecule has 0 bridgehead atoms. The summed E-state index contributed by atoms with van der Waals surface area (Å²) >= 11 is 0. The number of pyridine rings is 2. The molecule has 5 nitrogen and oxygen atoms in total. The average Bonchev–Trinajstić information content (AvgIpc) is 2.47. The van der Waals surface area contributed by atoms with Crippen LogP contribution in [0.5, 0.6) is 0 Å². The highest BCUT2D eigenvalue weighted by Gasteiger charge is 2.12. The van der Waals surface area contributed by atoms with Crippen molar-refractivity contribution in [2.45, 2.75) is 0 Å². The summed E-state index contributed by atoms with van der Waals surface area (Å²) in [6.45, 7) is -0.324. The second-order valence-electron chi connectivity index (χ2n) is 3.69. The molecule has 2 N–H and O–H groups in total. The number of nitrogens with zero attached hydrogens (tertiary/aromatic N) is 2. The fourth-order valence-electron chi connectivity index (χ4n) is 1.49. The maximum absolute atomic E-state index is 13.4. The number of aromatic nitrogens is 2. The van der Waals surface area contributed by atoms with E-state index in [1.54, 1.807) is 0 Å². The molecular weight excluding hydrogens is 261 g/mol. The third-order valence-electron chi connectivity index (χ3n) is 2.39. The van der Waals surface area contributed by atoms with Gasteiger partial charge in [-0.05, 0) is 12.1 Å². The number of aliphatic hydroxyl groups excluding tert-OH is 1. The number of hydrogen-bond acceptors (Lipinski definition) is 4. The maximum atomic E-state index is 13.4. The Morgan fingerprint density at radius 1 is 1.30 bits per heavy atom. The number of amides is 1. The summed E-state index contributed by atoms with van der Waals surface area (Å²) in [7, 11) is 0. The molecule has 0 aliphatic rings. The van der Waals surface area contributed by atoms with Crippen molar-refractivity contribution in [2.24, 2.45) is 0 Å². The van der Waals surface area contributed by atoms with Crippen LogP contribution in [0.15, 0.2) is 36.9 Å². The first-order valence-corrected chi connectivity index (χ1v) is 5.67. The number of aliphatic hydroxyl groups is 1. The molecule has 100 valence electrons. The molecule has 0 unspecified atom stereocenters. The van der Waals surface area contributed by atoms with Crippen LogP contribution in [0.3, 0.4) is 0 Å². The van der Waals surface area contributed by atoms with Gasteiger partial charge >= 0.3 is 0 Å². The lowest BCUT2D eigenvalue weighted by Crippen LogP contribution is -2.14. The first-order valence-electron chi connectivity index (χ1n) is 5.67. The van der Waals surface area contributed by atoms with E-state index < -0.39 is 11.7 Å². The molecule has 0 aliphatic carbocycles. The zero-order chi connectivity index (χ0) is 14.4. The summed E-state index contributed by atoms with van der Waals surface area (Å²) in [4.78, 5) is 19.5. The fourth-order valence-corrected chi connectivity index (χ4v) is 1.49. The lowest BCUT2D eigenvalue weighted by atomic mass is 10.1. The summed E-state index contributed by atoms with van der Waals surface area (Å²) in [6, 6.07) is 2.82. The number of anilines is 1. The van der Waals surface area contributed by atoms with E-state index in [1.165, 1.54) is 30.7 Å². The van der Waals surface area contributed by atoms with Crippen molar-refractivity contribution in [3.8, 4) is 11.8 Å². The Kier molecular flexibility index (Phi) is 4.37. The lowest BCUT2D eigenvalue weighted by Gasteiger charge is -2.07. The average molecular weight is 271 g/mol. The van der Waals surface area contributed by atoms with Crippen molar-refractivity contribution in [3.05, 3.63) is 53.9 Å². The van der Waals surface area contributed by atoms with Gasteiger partial charge in [0.05, 0.1) is 23.0 Å². The lowest BCUT2D eigenvalue weighted by molar-refractivity contribution is 0.102. The van der Waals surface area contributed by atoms with Gasteiger partial charge in [0, 0.05) is 18.6 Å². The van der Waals surface area contributed by atoms with Crippen LogP contribution in [0.2, 0.25) is 0 Å². The standard InChI is InChI=1S/C14H10FN3O2/c15-12-9-17-6-4-13(12)18-14(20)11-3-5-16-8-10(11)2-1-7-19/h3-6,8-9,19H,7H2,(H,17,18,20). The number of carbonyl (C=O) groups is 1. The summed E-state index contributed by atoms with van der Waals surface area (Å²) in [6.07, 6.45) is 5.22. The van der Waals surface area contributed by atoms with Crippen LogP contribution < -0.4 is 5.32 Å². The first kappa shape index (κ1) is 13.6. The van der Waals surface area contributed by atoms with E-state index in [-0.39, 0.29) is 17.9 Å². The number of hydrogen-bond donors (Lipinski definition) is 2. The van der Waals surface area contributed by atoms with Crippen molar-refractivity contribution in [3.63, 3.8) is 0 Å². The molecule has 2 heterocycles. The number of rotatable bonds is 2. The van der Waals surface area contributed by atoms with Gasteiger partial charge in [0.25, 0.3) is 5.91 Å². The number of carbonyl (C=O) groups excluding carboxylic acids is 1. The van der Waals surface area contributed by atoms with Crippen molar-refractivity contribution in [1.82, 2.24) is 9.97 Å². The van der Waals surface area contributed by atoms with Crippen LogP contribution in [0.1, 0.15) is 15.9 Å².